The molecule has 0 bridgehead atoms. The van der Waals surface area contributed by atoms with Crippen LogP contribution in [0.5, 0.6) is 0 Å². The first-order valence-electron chi connectivity index (χ1n) is 23.5. The van der Waals surface area contributed by atoms with E-state index in [0.717, 1.165) is 49.8 Å². The smallest absolute Gasteiger partial charge is 0.262 e. The Hall–Kier alpha value is -7.44. The molecule has 1 aliphatic rings. The first-order chi connectivity index (χ1) is 39.0. The zero-order chi connectivity index (χ0) is 58.1. The second-order valence-electron chi connectivity index (χ2n) is 16.2. The number of amides is 3. The molecule has 0 atom stereocenters. The van der Waals surface area contributed by atoms with E-state index >= 15 is 0 Å². The van der Waals surface area contributed by atoms with Crippen molar-refractivity contribution in [1.29, 1.82) is 0 Å². The zero-order valence-electron chi connectivity index (χ0n) is 42.3. The molecule has 3 amide bonds. The third-order valence-corrected chi connectivity index (χ3v) is 14.7. The molecular formula is C50H45Cl6N19O3S3. The van der Waals surface area contributed by atoms with Gasteiger partial charge in [0.15, 0.2) is 0 Å². The quantitative estimate of drug-likeness (QED) is 0.0291. The van der Waals surface area contributed by atoms with Crippen molar-refractivity contribution in [3.05, 3.63) is 187 Å². The van der Waals surface area contributed by atoms with Crippen molar-refractivity contribution in [2.45, 2.75) is 19.5 Å². The highest BCUT2D eigenvalue weighted by atomic mass is 35.5. The fraction of sp³-hybridized carbons (Fsp3) is 0.180. The highest BCUT2D eigenvalue weighted by Crippen LogP contribution is 2.24. The monoisotopic (exact) mass is 1270 g/mol. The summed E-state index contributed by atoms with van der Waals surface area (Å²) >= 11 is 37.7. The van der Waals surface area contributed by atoms with Gasteiger partial charge in [0.25, 0.3) is 17.7 Å². The zero-order valence-corrected chi connectivity index (χ0v) is 49.3. The van der Waals surface area contributed by atoms with Gasteiger partial charge < -0.3 is 31.5 Å². The molecular weight excluding hydrogens is 1220 g/mol. The van der Waals surface area contributed by atoms with Crippen LogP contribution in [0.4, 0.5) is 17.2 Å². The fourth-order valence-corrected chi connectivity index (χ4v) is 9.61. The molecule has 9 aromatic heterocycles. The Morgan fingerprint density at radius 1 is 0.630 bits per heavy atom. The molecule has 0 saturated carbocycles. The average Bonchev–Trinajstić information content (AvgIpc) is 4.38. The predicted octanol–water partition coefficient (Wildman–Crippen LogP) is 11.2. The van der Waals surface area contributed by atoms with Gasteiger partial charge in [-0.05, 0) is 110 Å². The molecule has 0 spiro atoms. The lowest BCUT2D eigenvalue weighted by Gasteiger charge is -2.21. The number of aromatic nitrogens is 10. The van der Waals surface area contributed by atoms with E-state index in [-0.39, 0.29) is 30.8 Å². The van der Waals surface area contributed by atoms with Gasteiger partial charge in [0.05, 0.1) is 101 Å². The maximum absolute atomic E-state index is 12.1. The van der Waals surface area contributed by atoms with Crippen molar-refractivity contribution in [2.24, 2.45) is 5.11 Å². The largest absolute Gasteiger partial charge is 0.397 e. The Morgan fingerprint density at radius 2 is 1.12 bits per heavy atom. The van der Waals surface area contributed by atoms with E-state index < -0.39 is 0 Å². The molecule has 418 valence electrons. The van der Waals surface area contributed by atoms with Gasteiger partial charge in [-0.25, -0.2) is 29.3 Å². The molecule has 1 aliphatic heterocycles. The molecule has 1 fully saturated rings. The number of likely N-dealkylation sites (N-methyl/N-ethyl adjacent to an activating group) is 1. The van der Waals surface area contributed by atoms with Gasteiger partial charge in [-0.3, -0.25) is 14.4 Å². The summed E-state index contributed by atoms with van der Waals surface area (Å²) in [7, 11) is 2.15. The van der Waals surface area contributed by atoms with Crippen molar-refractivity contribution in [3.63, 3.8) is 0 Å². The summed E-state index contributed by atoms with van der Waals surface area (Å²) in [6, 6.07) is 24.1. The summed E-state index contributed by atoms with van der Waals surface area (Å²) in [5.74, 6) is 2.75. The van der Waals surface area contributed by atoms with Crippen LogP contribution in [0.3, 0.4) is 0 Å². The third kappa shape index (κ3) is 21.5. The van der Waals surface area contributed by atoms with Crippen LogP contribution < -0.4 is 26.6 Å². The molecule has 10 heterocycles. The van der Waals surface area contributed by atoms with Crippen molar-refractivity contribution < 1.29 is 14.4 Å². The number of hydrogen-bond donors (Lipinski definition) is 4. The van der Waals surface area contributed by atoms with Crippen LogP contribution in [-0.4, -0.2) is 112 Å². The molecule has 0 radical (unpaired) electrons. The number of nitrogens with two attached hydrogens (primary N) is 1. The topological polar surface area (TPSA) is 282 Å². The molecule has 5 N–H and O–H groups in total. The van der Waals surface area contributed by atoms with Crippen LogP contribution in [0, 0.1) is 12.3 Å². The Balaban J connectivity index is 0.000000178. The predicted molar refractivity (Wildman–Crippen MR) is 321 cm³/mol. The lowest BCUT2D eigenvalue weighted by atomic mass is 10.3. The molecule has 31 heteroatoms. The summed E-state index contributed by atoms with van der Waals surface area (Å²) in [4.78, 5) is 60.1. The molecule has 0 aliphatic carbocycles. The van der Waals surface area contributed by atoms with E-state index in [1.165, 1.54) is 46.4 Å². The van der Waals surface area contributed by atoms with Crippen molar-refractivity contribution >= 4 is 139 Å². The lowest BCUT2D eigenvalue weighted by Crippen LogP contribution is -2.29. The molecule has 10 rings (SSSR count). The van der Waals surface area contributed by atoms with Gasteiger partial charge >= 0.3 is 0 Å². The first kappa shape index (κ1) is 62.8. The van der Waals surface area contributed by atoms with Crippen molar-refractivity contribution in [1.82, 2.24) is 70.8 Å². The van der Waals surface area contributed by atoms with Crippen LogP contribution in [0.25, 0.3) is 21.8 Å². The van der Waals surface area contributed by atoms with Crippen LogP contribution in [-0.2, 0) is 13.1 Å². The number of nitrogens with one attached hydrogen (secondary N) is 3. The van der Waals surface area contributed by atoms with Crippen LogP contribution in [0.2, 0.25) is 28.5 Å². The lowest BCUT2D eigenvalue weighted by molar-refractivity contribution is 0.0946. The number of halogens is 6. The maximum atomic E-state index is 12.1. The van der Waals surface area contributed by atoms with Crippen molar-refractivity contribution in [3.8, 4) is 23.7 Å². The van der Waals surface area contributed by atoms with Crippen molar-refractivity contribution in [2.75, 3.05) is 50.4 Å². The number of hydrogen-bond acceptors (Lipinski definition) is 18. The number of nitrogen functional groups attached to an aromatic ring is 1. The number of anilines is 2. The second-order valence-corrected chi connectivity index (χ2v) is 22.5. The Bertz CT molecular complexity index is 3510. The number of azide groups is 1. The number of pyridine rings is 4. The van der Waals surface area contributed by atoms with E-state index in [2.05, 4.69) is 89.3 Å². The van der Waals surface area contributed by atoms with Gasteiger partial charge in [0, 0.05) is 30.7 Å². The molecule has 81 heavy (non-hydrogen) atoms. The number of terminal acetylenes is 1. The van der Waals surface area contributed by atoms with Gasteiger partial charge in [-0.1, -0.05) is 91.1 Å². The van der Waals surface area contributed by atoms with E-state index in [9.17, 15) is 14.4 Å². The number of nitrogens with zero attached hydrogens (tertiary/aromatic N) is 15. The van der Waals surface area contributed by atoms with Gasteiger partial charge in [0.2, 0.25) is 0 Å². The summed E-state index contributed by atoms with van der Waals surface area (Å²) < 4.78 is 4.99. The normalized spacial score (nSPS) is 11.7. The second kappa shape index (κ2) is 32.7. The summed E-state index contributed by atoms with van der Waals surface area (Å²) in [5, 5.41) is 29.0. The molecule has 0 unspecified atom stereocenters. The van der Waals surface area contributed by atoms with Gasteiger partial charge in [-0.2, -0.15) is 0 Å². The Morgan fingerprint density at radius 3 is 1.54 bits per heavy atom. The number of thiophene rings is 3. The van der Waals surface area contributed by atoms with Crippen LogP contribution in [0.15, 0.2) is 127 Å². The minimum Gasteiger partial charge on any atom is -0.397 e. The minimum absolute atomic E-state index is 0.175. The molecule has 9 aromatic rings. The summed E-state index contributed by atoms with van der Waals surface area (Å²) in [6.45, 7) is 4.96. The van der Waals surface area contributed by atoms with E-state index in [4.69, 9.17) is 87.3 Å². The van der Waals surface area contributed by atoms with E-state index in [1.54, 1.807) is 107 Å². The van der Waals surface area contributed by atoms with E-state index in [1.807, 2.05) is 12.1 Å². The summed E-state index contributed by atoms with van der Waals surface area (Å²) in [5.41, 5.74) is 17.3. The number of carbonyl (C=O) groups is 3. The first-order valence-corrected chi connectivity index (χ1v) is 28.2. The highest BCUT2D eigenvalue weighted by Gasteiger charge is 2.15. The molecule has 22 nitrogen and oxygen atoms in total. The van der Waals surface area contributed by atoms with E-state index in [0.29, 0.717) is 72.4 Å². The van der Waals surface area contributed by atoms with Crippen LogP contribution in [0.1, 0.15) is 46.8 Å². The highest BCUT2D eigenvalue weighted by molar-refractivity contribution is 7.18. The van der Waals surface area contributed by atoms with Gasteiger partial charge in [0.1, 0.15) is 32.7 Å². The Kier molecular flexibility index (Phi) is 25.4. The maximum Gasteiger partial charge on any atom is 0.262 e. The summed E-state index contributed by atoms with van der Waals surface area (Å²) in [6.07, 6.45) is 15.9. The fourth-order valence-electron chi connectivity index (χ4n) is 6.40. The number of carbonyl (C=O) groups excluding carboxylic acids is 3. The standard InChI is InChI=1S/C19H22ClN7OS.C13H9Cl2N5OS.C8H6ClNOS.C5H3ClN4.C5H5ClN2/c1-25-7-2-8-26(10-9-25)18-6-3-15(12-21-18)27-13-14(23-24-27)11-22-19(28)16-4-5-17(20)29-16;14-11-3-1-9(6-16-11)20-7-8(18-19-20)5-17-13(21)10-2-4-12(15)22-10;1-2-5-10-8(11)6-3-4-7(9)12-6;6-5-2-1-4(3-8-5)9-10-7;6-5-2-1-4(7)3-8-5/h3-6,12-13H,2,7-11H2,1H3,(H,22,28);1-4,6-7H,5H2,(H,17,21);1,3-4H,5H2,(H,10,11);1-3H;1-3H,7H2. The van der Waals surface area contributed by atoms with Gasteiger partial charge in [-0.15, -0.1) is 50.6 Å². The third-order valence-electron chi connectivity index (χ3n) is 10.3. The Labute approximate surface area is 505 Å². The van der Waals surface area contributed by atoms with Crippen LogP contribution >= 0.6 is 104 Å². The molecule has 1 saturated heterocycles. The SMILES string of the molecule is C#CCNC(=O)c1ccc(Cl)s1.CN1CCCN(c2ccc(-n3cc(CNC(=O)c4ccc(Cl)s4)nn3)cn2)CC1.Nc1ccc(Cl)nc1.O=C(NCc1cn(-c2ccc(Cl)nc2)nn1)c1ccc(Cl)s1.[N-]=[N+]=Nc1ccc(Cl)nc1. The average molecular weight is 1270 g/mol. The molecule has 0 aromatic carbocycles. The minimum atomic E-state index is -0.195. The number of rotatable bonds is 12.